The Morgan fingerprint density at radius 3 is 2.19 bits per heavy atom. The highest BCUT2D eigenvalue weighted by Gasteiger charge is 2.49. The van der Waals surface area contributed by atoms with Gasteiger partial charge in [0.25, 0.3) is 0 Å². The first-order valence-electron chi connectivity index (χ1n) is 16.0. The standard InChI is InChI=1S/C32H62N2O8/c1-13-25-32(10,39)28(36)23(8)34(18(2)3)17-19(4)16-31(9,38)29(21(6)27(35)22(7)30(37)41-25)42-26-15-24(33(11)12)14-20(5)40-26/h18-29,35-36,38-39H,13-17H2,1-12H3/t19-,20-,21+,22-,23-,24+,25-,26+,27+,28-,29-,31-,32-/m1/s1. The van der Waals surface area contributed by atoms with Crippen LogP contribution in [0.25, 0.3) is 0 Å². The molecule has 2 aliphatic rings. The molecule has 0 aromatic rings. The molecular formula is C32H62N2O8. The van der Waals surface area contributed by atoms with Crippen LogP contribution in [0.4, 0.5) is 0 Å². The number of ether oxygens (including phenoxy) is 3. The van der Waals surface area contributed by atoms with Gasteiger partial charge in [-0.3, -0.25) is 9.69 Å². The van der Waals surface area contributed by atoms with E-state index in [-0.39, 0.29) is 30.5 Å². The van der Waals surface area contributed by atoms with E-state index in [1.165, 1.54) is 6.92 Å². The van der Waals surface area contributed by atoms with Crippen molar-refractivity contribution in [2.45, 2.75) is 161 Å². The molecule has 42 heavy (non-hydrogen) atoms. The van der Waals surface area contributed by atoms with Crippen LogP contribution in [0.2, 0.25) is 0 Å². The lowest BCUT2D eigenvalue weighted by Crippen LogP contribution is -2.60. The molecule has 248 valence electrons. The van der Waals surface area contributed by atoms with E-state index < -0.39 is 65.8 Å². The summed E-state index contributed by atoms with van der Waals surface area (Å²) in [7, 11) is 4.06. The second kappa shape index (κ2) is 15.0. The average molecular weight is 603 g/mol. The van der Waals surface area contributed by atoms with Crippen molar-refractivity contribution >= 4 is 5.97 Å². The first-order chi connectivity index (χ1) is 19.2. The van der Waals surface area contributed by atoms with Gasteiger partial charge < -0.3 is 39.5 Å². The Hall–Kier alpha value is -0.850. The fourth-order valence-corrected chi connectivity index (χ4v) is 7.17. The number of carbonyl (C=O) groups excluding carboxylic acids is 1. The number of hydrogen-bond donors (Lipinski definition) is 4. The van der Waals surface area contributed by atoms with E-state index in [0.29, 0.717) is 19.4 Å². The third-order valence-corrected chi connectivity index (χ3v) is 9.80. The van der Waals surface area contributed by atoms with Gasteiger partial charge in [0.1, 0.15) is 17.8 Å². The summed E-state index contributed by atoms with van der Waals surface area (Å²) in [5.74, 6) is -2.36. The highest BCUT2D eigenvalue weighted by atomic mass is 16.7. The van der Waals surface area contributed by atoms with Crippen molar-refractivity contribution in [3.8, 4) is 0 Å². The van der Waals surface area contributed by atoms with Gasteiger partial charge in [-0.1, -0.05) is 20.8 Å². The van der Waals surface area contributed by atoms with Crippen LogP contribution in [-0.4, -0.2) is 123 Å². The van der Waals surface area contributed by atoms with Crippen LogP contribution >= 0.6 is 0 Å². The van der Waals surface area contributed by atoms with Crippen LogP contribution < -0.4 is 0 Å². The molecule has 0 amide bonds. The summed E-state index contributed by atoms with van der Waals surface area (Å²) in [5.41, 5.74) is -3.12. The highest BCUT2D eigenvalue weighted by molar-refractivity contribution is 5.73. The van der Waals surface area contributed by atoms with Gasteiger partial charge in [-0.15, -0.1) is 0 Å². The van der Waals surface area contributed by atoms with Gasteiger partial charge >= 0.3 is 5.97 Å². The molecule has 10 nitrogen and oxygen atoms in total. The number of esters is 1. The quantitative estimate of drug-likeness (QED) is 0.348. The Morgan fingerprint density at radius 2 is 1.67 bits per heavy atom. The van der Waals surface area contributed by atoms with Crippen molar-refractivity contribution in [1.82, 2.24) is 9.80 Å². The molecule has 2 heterocycles. The summed E-state index contributed by atoms with van der Waals surface area (Å²) in [4.78, 5) is 17.6. The van der Waals surface area contributed by atoms with Gasteiger partial charge in [-0.25, -0.2) is 0 Å². The van der Waals surface area contributed by atoms with Crippen LogP contribution in [0, 0.1) is 17.8 Å². The van der Waals surface area contributed by atoms with E-state index in [2.05, 4.69) is 9.80 Å². The maximum Gasteiger partial charge on any atom is 0.311 e. The molecule has 4 N–H and O–H groups in total. The first-order valence-corrected chi connectivity index (χ1v) is 16.0. The summed E-state index contributed by atoms with van der Waals surface area (Å²) >= 11 is 0. The van der Waals surface area contributed by atoms with Crippen molar-refractivity contribution in [3.05, 3.63) is 0 Å². The smallest absolute Gasteiger partial charge is 0.311 e. The van der Waals surface area contributed by atoms with Crippen LogP contribution in [-0.2, 0) is 19.0 Å². The predicted molar refractivity (Wildman–Crippen MR) is 163 cm³/mol. The maximum absolute atomic E-state index is 13.4. The summed E-state index contributed by atoms with van der Waals surface area (Å²) in [5, 5.41) is 46.5. The third-order valence-electron chi connectivity index (χ3n) is 9.80. The molecule has 13 atom stereocenters. The maximum atomic E-state index is 13.4. The second-order valence-electron chi connectivity index (χ2n) is 14.4. The zero-order valence-electron chi connectivity index (χ0n) is 28.3. The van der Waals surface area contributed by atoms with Crippen LogP contribution in [0.1, 0.15) is 94.9 Å². The number of aliphatic hydroxyl groups is 4. The van der Waals surface area contributed by atoms with Crippen molar-refractivity contribution in [3.63, 3.8) is 0 Å². The van der Waals surface area contributed by atoms with Gasteiger partial charge in [-0.05, 0) is 87.7 Å². The highest BCUT2D eigenvalue weighted by Crippen LogP contribution is 2.36. The predicted octanol–water partition coefficient (Wildman–Crippen LogP) is 2.78. The SMILES string of the molecule is CC[C@H]1OC(=O)[C@H](C)[C@@H](O)[C@H](C)[C@@H](O[C@H]2C[C@@H](N(C)C)C[C@@H](C)O2)[C@](C)(O)C[C@@H](C)CN(C(C)C)[C@H](C)[C@@H](O)[C@]1(C)O. The van der Waals surface area contributed by atoms with Gasteiger partial charge in [0.2, 0.25) is 0 Å². The molecule has 2 rings (SSSR count). The fourth-order valence-electron chi connectivity index (χ4n) is 7.17. The lowest BCUT2D eigenvalue weighted by Gasteiger charge is -2.45. The molecule has 10 heteroatoms. The van der Waals surface area contributed by atoms with E-state index >= 15 is 0 Å². The molecular weight excluding hydrogens is 540 g/mol. The molecule has 0 aromatic carbocycles. The topological polar surface area (TPSA) is 132 Å². The third kappa shape index (κ3) is 8.87. The second-order valence-corrected chi connectivity index (χ2v) is 14.4. The molecule has 0 aliphatic carbocycles. The summed E-state index contributed by atoms with van der Waals surface area (Å²) in [6, 6.07) is -0.200. The van der Waals surface area contributed by atoms with Crippen molar-refractivity contribution in [1.29, 1.82) is 0 Å². The van der Waals surface area contributed by atoms with Gasteiger partial charge in [-0.2, -0.15) is 0 Å². The zero-order valence-corrected chi connectivity index (χ0v) is 28.3. The Labute approximate surface area is 254 Å². The Bertz CT molecular complexity index is 852. The molecule has 0 radical (unpaired) electrons. The van der Waals surface area contributed by atoms with Crippen molar-refractivity contribution in [2.75, 3.05) is 20.6 Å². The van der Waals surface area contributed by atoms with Gasteiger partial charge in [0.05, 0.1) is 29.8 Å². The van der Waals surface area contributed by atoms with E-state index in [1.54, 1.807) is 27.7 Å². The first kappa shape index (κ1) is 37.3. The normalized spacial score (nSPS) is 45.9. The van der Waals surface area contributed by atoms with Crippen LogP contribution in [0.3, 0.4) is 0 Å². The average Bonchev–Trinajstić information content (AvgIpc) is 2.89. The van der Waals surface area contributed by atoms with Crippen molar-refractivity contribution < 1.29 is 39.4 Å². The molecule has 2 fully saturated rings. The number of nitrogens with zero attached hydrogens (tertiary/aromatic N) is 2. The minimum atomic E-state index is -1.73. The lowest BCUT2D eigenvalue weighted by molar-refractivity contribution is -0.267. The zero-order chi connectivity index (χ0) is 32.3. The minimum Gasteiger partial charge on any atom is -0.459 e. The molecule has 0 spiro atoms. The van der Waals surface area contributed by atoms with Gasteiger partial charge in [0, 0.05) is 37.0 Å². The molecule has 0 bridgehead atoms. The van der Waals surface area contributed by atoms with Crippen LogP contribution in [0.15, 0.2) is 0 Å². The molecule has 0 unspecified atom stereocenters. The lowest BCUT2D eigenvalue weighted by atomic mass is 9.78. The number of hydrogen-bond acceptors (Lipinski definition) is 10. The molecule has 2 aliphatic heterocycles. The summed E-state index contributed by atoms with van der Waals surface area (Å²) < 4.78 is 18.5. The van der Waals surface area contributed by atoms with Gasteiger partial charge in [0.15, 0.2) is 6.29 Å². The number of cyclic esters (lactones) is 1. The van der Waals surface area contributed by atoms with E-state index in [9.17, 15) is 25.2 Å². The number of aliphatic hydroxyl groups excluding tert-OH is 2. The summed E-state index contributed by atoms with van der Waals surface area (Å²) in [6.45, 7) is 18.9. The molecule has 2 saturated heterocycles. The van der Waals surface area contributed by atoms with Crippen LogP contribution in [0.5, 0.6) is 0 Å². The molecule has 0 aromatic heterocycles. The largest absolute Gasteiger partial charge is 0.459 e. The van der Waals surface area contributed by atoms with E-state index in [0.717, 1.165) is 6.42 Å². The summed E-state index contributed by atoms with van der Waals surface area (Å²) in [6.07, 6.45) is -2.80. The van der Waals surface area contributed by atoms with E-state index in [1.807, 2.05) is 48.7 Å². The van der Waals surface area contributed by atoms with E-state index in [4.69, 9.17) is 14.2 Å². The Balaban J connectivity index is 2.55. The number of rotatable bonds is 5. The van der Waals surface area contributed by atoms with Crippen molar-refractivity contribution in [2.24, 2.45) is 17.8 Å². The Kier molecular flexibility index (Phi) is 13.3. The minimum absolute atomic E-state index is 0.0315. The monoisotopic (exact) mass is 602 g/mol. The Morgan fingerprint density at radius 1 is 1.07 bits per heavy atom. The fraction of sp³-hybridized carbons (Fsp3) is 0.969. The number of carbonyl (C=O) groups is 1. The molecule has 0 saturated carbocycles.